The van der Waals surface area contributed by atoms with Gasteiger partial charge in [-0.3, -0.25) is 18.6 Å². The van der Waals surface area contributed by atoms with Crippen LogP contribution in [0.2, 0.25) is 0 Å². The molecular weight excluding hydrogens is 1220 g/mol. The van der Waals surface area contributed by atoms with Crippen molar-refractivity contribution >= 4 is 19.8 Å². The molecule has 97 heavy (non-hydrogen) atoms. The summed E-state index contributed by atoms with van der Waals surface area (Å²) in [5.74, 6) is -0.816. The van der Waals surface area contributed by atoms with E-state index in [1.165, 1.54) is 212 Å². The van der Waals surface area contributed by atoms with Gasteiger partial charge in [-0.05, 0) is 116 Å². The second kappa shape index (κ2) is 80.9. The third-order valence-corrected chi connectivity index (χ3v) is 18.2. The first kappa shape index (κ1) is 92.9. The Morgan fingerprint density at radius 2 is 0.536 bits per heavy atom. The second-order valence-corrected chi connectivity index (χ2v) is 28.0. The fraction of sp³-hybridized carbons (Fsp3) is 0.701. The van der Waals surface area contributed by atoms with Crippen molar-refractivity contribution in [3.63, 3.8) is 0 Å². The Labute approximate surface area is 598 Å². The molecule has 2 atom stereocenters. The van der Waals surface area contributed by atoms with E-state index in [0.717, 1.165) is 116 Å². The van der Waals surface area contributed by atoms with E-state index < -0.39 is 26.5 Å². The summed E-state index contributed by atoms with van der Waals surface area (Å²) in [6, 6.07) is 0. The van der Waals surface area contributed by atoms with Crippen molar-refractivity contribution in [2.45, 2.75) is 367 Å². The first-order valence-electron chi connectivity index (χ1n) is 40.3. The summed E-state index contributed by atoms with van der Waals surface area (Å²) in [4.78, 5) is 35.5. The predicted molar refractivity (Wildman–Crippen MR) is 422 cm³/mol. The molecule has 0 saturated carbocycles. The number of unbranched alkanes of at least 4 members (excludes halogenated alkanes) is 38. The maximum absolute atomic E-state index is 12.8. The van der Waals surface area contributed by atoms with Crippen LogP contribution in [0.25, 0.3) is 0 Å². The molecule has 3 N–H and O–H groups in total. The van der Waals surface area contributed by atoms with Gasteiger partial charge in [0.1, 0.15) is 6.61 Å². The van der Waals surface area contributed by atoms with E-state index in [2.05, 4.69) is 160 Å². The van der Waals surface area contributed by atoms with Gasteiger partial charge in [0.05, 0.1) is 13.2 Å². The van der Waals surface area contributed by atoms with Crippen LogP contribution in [-0.4, -0.2) is 49.3 Å². The summed E-state index contributed by atoms with van der Waals surface area (Å²) in [6.45, 7) is 3.56. The van der Waals surface area contributed by atoms with Gasteiger partial charge in [0.2, 0.25) is 0 Å². The number of esters is 2. The summed E-state index contributed by atoms with van der Waals surface area (Å²) >= 11 is 0. The van der Waals surface area contributed by atoms with Crippen LogP contribution in [0.1, 0.15) is 361 Å². The van der Waals surface area contributed by atoms with Crippen LogP contribution >= 0.6 is 7.82 Å². The zero-order valence-electron chi connectivity index (χ0n) is 62.8. The predicted octanol–water partition coefficient (Wildman–Crippen LogP) is 27.3. The highest BCUT2D eigenvalue weighted by molar-refractivity contribution is 7.47. The molecular formula is C87H150NO8P. The van der Waals surface area contributed by atoms with Crippen molar-refractivity contribution in [1.29, 1.82) is 0 Å². The van der Waals surface area contributed by atoms with Crippen LogP contribution < -0.4 is 5.73 Å². The molecule has 10 heteroatoms. The SMILES string of the molecule is CC/C=C\C/C=C\C/C=C\C/C=C\C/C=C\C/C=C\C/C=C\C/C=C\CCCCCCCCCCCCCCCCCCC(=O)OC(COC(=O)CCCCCCCCCCCCCCCCCCCCCCCC/C=C\C/C=C\C/C=C\C/C=C\CC)COP(=O)(O)OCCN. The minimum atomic E-state index is -4.40. The van der Waals surface area contributed by atoms with Crippen molar-refractivity contribution < 1.29 is 37.6 Å². The van der Waals surface area contributed by atoms with Gasteiger partial charge in [-0.25, -0.2) is 4.57 Å². The zero-order chi connectivity index (χ0) is 70.0. The summed E-state index contributed by atoms with van der Waals surface area (Å²) in [5.41, 5.74) is 5.42. The second-order valence-electron chi connectivity index (χ2n) is 26.5. The highest BCUT2D eigenvalue weighted by Crippen LogP contribution is 2.43. The Morgan fingerprint density at radius 1 is 0.309 bits per heavy atom. The Morgan fingerprint density at radius 3 is 0.794 bits per heavy atom. The van der Waals surface area contributed by atoms with E-state index in [-0.39, 0.29) is 38.6 Å². The van der Waals surface area contributed by atoms with E-state index in [9.17, 15) is 19.0 Å². The normalized spacial score (nSPS) is 13.6. The van der Waals surface area contributed by atoms with Crippen molar-refractivity contribution in [2.24, 2.45) is 5.73 Å². The largest absolute Gasteiger partial charge is 0.472 e. The molecule has 2 unspecified atom stereocenters. The standard InChI is InChI=1S/C87H150NO8P/c1-3-5-7-9-11-13-15-17-19-21-23-25-27-29-31-33-35-37-39-40-41-42-43-44-46-48-50-52-54-56-58-60-62-64-66-68-70-72-74-76-78-80-87(90)96-85(84-95-97(91,92)94-82-81-88)83-93-86(89)79-77-75-73-71-69-67-65-63-61-59-57-55-53-51-49-47-45-38-36-34-32-30-28-26-24-22-20-18-16-14-12-10-8-6-4-2/h5-8,11-14,17-20,23-26,29,31,35,37,40-41,43-44,85H,3-4,9-10,15-16,21-22,27-28,30,32-34,36,38-39,42,45-84,88H2,1-2H3,(H,91,92)/b7-5-,8-6-,13-11-,14-12-,19-17-,20-18-,25-23-,26-24-,31-29-,37-35-,41-40-,44-43-. The van der Waals surface area contributed by atoms with Gasteiger partial charge in [-0.1, -0.05) is 378 Å². The highest BCUT2D eigenvalue weighted by atomic mass is 31.2. The molecule has 0 aliphatic carbocycles. The summed E-state index contributed by atoms with van der Waals surface area (Å²) < 4.78 is 33.3. The molecule has 0 saturated heterocycles. The topological polar surface area (TPSA) is 134 Å². The number of carbonyl (C=O) groups excluding carboxylic acids is 2. The molecule has 0 fully saturated rings. The van der Waals surface area contributed by atoms with Crippen LogP contribution in [0.15, 0.2) is 146 Å². The smallest absolute Gasteiger partial charge is 0.462 e. The molecule has 0 aliphatic rings. The molecule has 556 valence electrons. The van der Waals surface area contributed by atoms with Gasteiger partial charge in [-0.2, -0.15) is 0 Å². The lowest BCUT2D eigenvalue weighted by atomic mass is 10.0. The Kier molecular flexibility index (Phi) is 77.4. The minimum absolute atomic E-state index is 0.0507. The highest BCUT2D eigenvalue weighted by Gasteiger charge is 2.26. The number of hydrogen-bond acceptors (Lipinski definition) is 8. The van der Waals surface area contributed by atoms with Crippen LogP contribution in [0.5, 0.6) is 0 Å². The number of phosphoric ester groups is 1. The average molecular weight is 1370 g/mol. The number of carbonyl (C=O) groups is 2. The van der Waals surface area contributed by atoms with Gasteiger partial charge < -0.3 is 20.1 Å². The average Bonchev–Trinajstić information content (AvgIpc) is 2.57. The lowest BCUT2D eigenvalue weighted by Gasteiger charge is -2.19. The fourth-order valence-corrected chi connectivity index (χ4v) is 12.1. The molecule has 0 aliphatic heterocycles. The van der Waals surface area contributed by atoms with E-state index in [4.69, 9.17) is 24.3 Å². The number of phosphoric acid groups is 1. The van der Waals surface area contributed by atoms with Crippen molar-refractivity contribution in [3.05, 3.63) is 146 Å². The van der Waals surface area contributed by atoms with Crippen LogP contribution in [-0.2, 0) is 32.7 Å². The Balaban J connectivity index is 3.82. The first-order valence-corrected chi connectivity index (χ1v) is 41.8. The fourth-order valence-electron chi connectivity index (χ4n) is 11.4. The quantitative estimate of drug-likeness (QED) is 0.0264. The Hall–Kier alpha value is -4.11. The molecule has 0 rings (SSSR count). The Bertz CT molecular complexity index is 2110. The van der Waals surface area contributed by atoms with Gasteiger partial charge in [0.15, 0.2) is 6.10 Å². The summed E-state index contributed by atoms with van der Waals surface area (Å²) in [6.07, 6.45) is 117. The van der Waals surface area contributed by atoms with Crippen LogP contribution in [0.3, 0.4) is 0 Å². The maximum atomic E-state index is 12.8. The molecule has 9 nitrogen and oxygen atoms in total. The summed E-state index contributed by atoms with van der Waals surface area (Å²) in [5, 5.41) is 0. The third-order valence-electron chi connectivity index (χ3n) is 17.2. The van der Waals surface area contributed by atoms with Crippen LogP contribution in [0, 0.1) is 0 Å². The lowest BCUT2D eigenvalue weighted by molar-refractivity contribution is -0.161. The van der Waals surface area contributed by atoms with Gasteiger partial charge in [0, 0.05) is 19.4 Å². The maximum Gasteiger partial charge on any atom is 0.472 e. The molecule has 0 aromatic rings. The molecule has 0 aromatic carbocycles. The number of nitrogens with two attached hydrogens (primary N) is 1. The number of rotatable bonds is 75. The third kappa shape index (κ3) is 80.8. The molecule has 0 spiro atoms. The van der Waals surface area contributed by atoms with Gasteiger partial charge >= 0.3 is 19.8 Å². The van der Waals surface area contributed by atoms with E-state index >= 15 is 0 Å². The number of ether oxygens (including phenoxy) is 2. The summed E-state index contributed by atoms with van der Waals surface area (Å²) in [7, 11) is -4.40. The number of hydrogen-bond donors (Lipinski definition) is 2. The van der Waals surface area contributed by atoms with Gasteiger partial charge in [-0.15, -0.1) is 0 Å². The zero-order valence-corrected chi connectivity index (χ0v) is 63.7. The van der Waals surface area contributed by atoms with E-state index in [1.807, 2.05) is 0 Å². The van der Waals surface area contributed by atoms with Crippen molar-refractivity contribution in [1.82, 2.24) is 0 Å². The molecule has 0 radical (unpaired) electrons. The van der Waals surface area contributed by atoms with Crippen molar-refractivity contribution in [3.8, 4) is 0 Å². The van der Waals surface area contributed by atoms with Gasteiger partial charge in [0.25, 0.3) is 0 Å². The molecule has 0 heterocycles. The molecule has 0 aromatic heterocycles. The minimum Gasteiger partial charge on any atom is -0.462 e. The van der Waals surface area contributed by atoms with Crippen molar-refractivity contribution in [2.75, 3.05) is 26.4 Å². The lowest BCUT2D eigenvalue weighted by Crippen LogP contribution is -2.29. The van der Waals surface area contributed by atoms with E-state index in [1.54, 1.807) is 0 Å². The van der Waals surface area contributed by atoms with E-state index in [0.29, 0.717) is 6.42 Å². The first-order chi connectivity index (χ1) is 47.8. The molecule has 0 bridgehead atoms. The number of allylic oxidation sites excluding steroid dienone is 24. The molecule has 0 amide bonds. The van der Waals surface area contributed by atoms with Crippen LogP contribution in [0.4, 0.5) is 0 Å². The monoisotopic (exact) mass is 1370 g/mol.